The molecule has 0 aromatic carbocycles. The predicted octanol–water partition coefficient (Wildman–Crippen LogP) is 3.89. The molecule has 0 saturated heterocycles. The van der Waals surface area contributed by atoms with Gasteiger partial charge in [-0.05, 0) is 36.8 Å². The number of hydrogen-bond acceptors (Lipinski definition) is 5. The molecule has 3 rings (SSSR count). The van der Waals surface area contributed by atoms with Crippen molar-refractivity contribution in [1.29, 1.82) is 0 Å². The number of halogens is 2. The zero-order valence-corrected chi connectivity index (χ0v) is 16.5. The third-order valence-corrected chi connectivity index (χ3v) is 6.11. The SMILES string of the molecule is Cl.Cl.NCC1CCCCC1NC(=O)Cc1csc(-c2cccs2)n1. The van der Waals surface area contributed by atoms with Gasteiger partial charge in [-0.2, -0.15) is 0 Å². The Bertz CT molecular complexity index is 619. The highest BCUT2D eigenvalue weighted by molar-refractivity contribution is 7.20. The van der Waals surface area contributed by atoms with Crippen molar-refractivity contribution in [1.82, 2.24) is 10.3 Å². The van der Waals surface area contributed by atoms with Gasteiger partial charge in [0.1, 0.15) is 5.01 Å². The fourth-order valence-electron chi connectivity index (χ4n) is 3.00. The second kappa shape index (κ2) is 10.4. The number of thiophene rings is 1. The summed E-state index contributed by atoms with van der Waals surface area (Å²) in [6.45, 7) is 0.657. The van der Waals surface area contributed by atoms with E-state index in [1.165, 1.54) is 12.8 Å². The van der Waals surface area contributed by atoms with Crippen LogP contribution in [0.5, 0.6) is 0 Å². The molecule has 0 spiro atoms. The highest BCUT2D eigenvalue weighted by atomic mass is 35.5. The highest BCUT2D eigenvalue weighted by Crippen LogP contribution is 2.28. The second-order valence-corrected chi connectivity index (χ2v) is 7.56. The van der Waals surface area contributed by atoms with E-state index in [0.717, 1.165) is 28.4 Å². The standard InChI is InChI=1S/C16H21N3OS2.2ClH/c17-9-11-4-1-2-5-13(11)19-15(20)8-12-10-22-16(18-12)14-6-3-7-21-14;;/h3,6-7,10-11,13H,1-2,4-5,8-9,17H2,(H,19,20);2*1H. The monoisotopic (exact) mass is 407 g/mol. The van der Waals surface area contributed by atoms with Crippen LogP contribution < -0.4 is 11.1 Å². The number of thiazole rings is 1. The first kappa shape index (κ1) is 21.4. The fraction of sp³-hybridized carbons (Fsp3) is 0.500. The van der Waals surface area contributed by atoms with Gasteiger partial charge in [-0.3, -0.25) is 4.79 Å². The van der Waals surface area contributed by atoms with Gasteiger partial charge in [0.25, 0.3) is 0 Å². The molecule has 0 bridgehead atoms. The van der Waals surface area contributed by atoms with Crippen molar-refractivity contribution in [3.05, 3.63) is 28.6 Å². The van der Waals surface area contributed by atoms with Crippen LogP contribution in [0.15, 0.2) is 22.9 Å². The van der Waals surface area contributed by atoms with Crippen LogP contribution in [-0.2, 0) is 11.2 Å². The Morgan fingerprint density at radius 1 is 1.29 bits per heavy atom. The molecule has 4 nitrogen and oxygen atoms in total. The minimum absolute atomic E-state index is 0. The molecule has 3 N–H and O–H groups in total. The molecule has 1 aliphatic rings. The average Bonchev–Trinajstić information content (AvgIpc) is 3.18. The summed E-state index contributed by atoms with van der Waals surface area (Å²) in [7, 11) is 0. The fourth-order valence-corrected chi connectivity index (χ4v) is 4.64. The second-order valence-electron chi connectivity index (χ2n) is 5.75. The van der Waals surface area contributed by atoms with Gasteiger partial charge < -0.3 is 11.1 Å². The number of aromatic nitrogens is 1. The molecular weight excluding hydrogens is 385 g/mol. The number of amides is 1. The number of carbonyl (C=O) groups excluding carboxylic acids is 1. The number of carbonyl (C=O) groups is 1. The largest absolute Gasteiger partial charge is 0.353 e. The lowest BCUT2D eigenvalue weighted by atomic mass is 9.84. The minimum Gasteiger partial charge on any atom is -0.353 e. The number of rotatable bonds is 5. The molecule has 1 amide bonds. The lowest BCUT2D eigenvalue weighted by molar-refractivity contribution is -0.121. The molecule has 0 radical (unpaired) electrons. The van der Waals surface area contributed by atoms with Crippen molar-refractivity contribution in [2.45, 2.75) is 38.1 Å². The van der Waals surface area contributed by atoms with Gasteiger partial charge in [-0.25, -0.2) is 4.98 Å². The Morgan fingerprint density at radius 3 is 2.79 bits per heavy atom. The summed E-state index contributed by atoms with van der Waals surface area (Å²) in [5.74, 6) is 0.489. The van der Waals surface area contributed by atoms with Crippen LogP contribution in [0.3, 0.4) is 0 Å². The quantitative estimate of drug-likeness (QED) is 0.789. The van der Waals surface area contributed by atoms with Crippen molar-refractivity contribution in [3.8, 4) is 9.88 Å². The number of nitrogens with two attached hydrogens (primary N) is 1. The molecule has 1 aliphatic carbocycles. The van der Waals surface area contributed by atoms with Crippen LogP contribution in [0.1, 0.15) is 31.4 Å². The molecule has 2 unspecified atom stereocenters. The van der Waals surface area contributed by atoms with E-state index in [0.29, 0.717) is 18.9 Å². The lowest BCUT2D eigenvalue weighted by Crippen LogP contribution is -2.45. The molecular formula is C16H23Cl2N3OS2. The van der Waals surface area contributed by atoms with Crippen LogP contribution >= 0.6 is 47.5 Å². The van der Waals surface area contributed by atoms with Crippen LogP contribution in [0.2, 0.25) is 0 Å². The molecule has 2 aromatic rings. The van der Waals surface area contributed by atoms with Crippen LogP contribution in [0, 0.1) is 5.92 Å². The van der Waals surface area contributed by atoms with Gasteiger partial charge in [-0.1, -0.05) is 18.9 Å². The van der Waals surface area contributed by atoms with Crippen LogP contribution in [0.25, 0.3) is 9.88 Å². The highest BCUT2D eigenvalue weighted by Gasteiger charge is 2.25. The van der Waals surface area contributed by atoms with Crippen molar-refractivity contribution in [2.75, 3.05) is 6.54 Å². The molecule has 24 heavy (non-hydrogen) atoms. The third kappa shape index (κ3) is 5.43. The lowest BCUT2D eigenvalue weighted by Gasteiger charge is -2.31. The van der Waals surface area contributed by atoms with E-state index < -0.39 is 0 Å². The Hall–Kier alpha value is -0.660. The summed E-state index contributed by atoms with van der Waals surface area (Å²) in [5, 5.41) is 8.18. The first-order valence-corrected chi connectivity index (χ1v) is 9.50. The number of hydrogen-bond donors (Lipinski definition) is 2. The number of nitrogens with one attached hydrogen (secondary N) is 1. The van der Waals surface area contributed by atoms with Crippen LogP contribution in [-0.4, -0.2) is 23.5 Å². The van der Waals surface area contributed by atoms with Gasteiger partial charge in [0, 0.05) is 11.4 Å². The topological polar surface area (TPSA) is 68.0 Å². The van der Waals surface area contributed by atoms with Gasteiger partial charge >= 0.3 is 0 Å². The van der Waals surface area contributed by atoms with Gasteiger partial charge in [0.15, 0.2) is 0 Å². The maximum Gasteiger partial charge on any atom is 0.226 e. The summed E-state index contributed by atoms with van der Waals surface area (Å²) in [6.07, 6.45) is 4.94. The minimum atomic E-state index is 0. The first-order valence-electron chi connectivity index (χ1n) is 7.74. The maximum absolute atomic E-state index is 12.3. The Morgan fingerprint density at radius 2 is 2.08 bits per heavy atom. The molecule has 1 saturated carbocycles. The summed E-state index contributed by atoms with van der Waals surface area (Å²) < 4.78 is 0. The van der Waals surface area contributed by atoms with Gasteiger partial charge in [0.05, 0.1) is 17.0 Å². The van der Waals surface area contributed by atoms with Crippen molar-refractivity contribution in [2.24, 2.45) is 11.7 Å². The van der Waals surface area contributed by atoms with Crippen LogP contribution in [0.4, 0.5) is 0 Å². The van der Waals surface area contributed by atoms with Crippen molar-refractivity contribution in [3.63, 3.8) is 0 Å². The van der Waals surface area contributed by atoms with E-state index in [4.69, 9.17) is 5.73 Å². The summed E-state index contributed by atoms with van der Waals surface area (Å²) in [6, 6.07) is 4.31. The molecule has 1 fully saturated rings. The summed E-state index contributed by atoms with van der Waals surface area (Å²) >= 11 is 3.27. The number of nitrogens with zero attached hydrogens (tertiary/aromatic N) is 1. The third-order valence-electron chi connectivity index (χ3n) is 4.18. The zero-order valence-electron chi connectivity index (χ0n) is 13.3. The molecule has 134 valence electrons. The summed E-state index contributed by atoms with van der Waals surface area (Å²) in [5.41, 5.74) is 6.67. The first-order chi connectivity index (χ1) is 10.8. The zero-order chi connectivity index (χ0) is 15.4. The van der Waals surface area contributed by atoms with Gasteiger partial charge in [-0.15, -0.1) is 47.5 Å². The predicted molar refractivity (Wildman–Crippen MR) is 107 cm³/mol. The van der Waals surface area contributed by atoms with E-state index in [1.54, 1.807) is 22.7 Å². The molecule has 2 heterocycles. The Balaban J connectivity index is 0.00000144. The molecule has 2 atom stereocenters. The van der Waals surface area contributed by atoms with Crippen molar-refractivity contribution < 1.29 is 4.79 Å². The smallest absolute Gasteiger partial charge is 0.226 e. The van der Waals surface area contributed by atoms with Gasteiger partial charge in [0.2, 0.25) is 5.91 Å². The normalized spacial score (nSPS) is 19.9. The van der Waals surface area contributed by atoms with E-state index >= 15 is 0 Å². The Kier molecular flexibility index (Phi) is 9.23. The average molecular weight is 408 g/mol. The summed E-state index contributed by atoms with van der Waals surface area (Å²) in [4.78, 5) is 18.0. The molecule has 8 heteroatoms. The molecule has 2 aromatic heterocycles. The van der Waals surface area contributed by atoms with E-state index in [2.05, 4.69) is 16.4 Å². The maximum atomic E-state index is 12.3. The Labute approximate surface area is 163 Å². The van der Waals surface area contributed by atoms with E-state index in [-0.39, 0.29) is 36.8 Å². The van der Waals surface area contributed by atoms with E-state index in [9.17, 15) is 4.79 Å². The molecule has 0 aliphatic heterocycles. The van der Waals surface area contributed by atoms with Crippen molar-refractivity contribution >= 4 is 53.4 Å². The van der Waals surface area contributed by atoms with E-state index in [1.807, 2.05) is 16.8 Å².